The van der Waals surface area contributed by atoms with E-state index in [1.807, 2.05) is 24.3 Å². The molecular formula is C15H14ClN3O2. The molecule has 1 aromatic carbocycles. The summed E-state index contributed by atoms with van der Waals surface area (Å²) in [6, 6.07) is 9.04. The van der Waals surface area contributed by atoms with Gasteiger partial charge in [0, 0.05) is 12.0 Å². The Hall–Kier alpha value is -2.27. The Kier molecular flexibility index (Phi) is 3.66. The van der Waals surface area contributed by atoms with Crippen LogP contribution in [0.1, 0.15) is 28.4 Å². The first-order valence-corrected chi connectivity index (χ1v) is 6.96. The molecule has 21 heavy (non-hydrogen) atoms. The van der Waals surface area contributed by atoms with Crippen molar-refractivity contribution in [3.05, 3.63) is 52.8 Å². The van der Waals surface area contributed by atoms with Crippen LogP contribution in [0.4, 0.5) is 5.69 Å². The van der Waals surface area contributed by atoms with Crippen molar-refractivity contribution in [2.45, 2.75) is 12.5 Å². The summed E-state index contributed by atoms with van der Waals surface area (Å²) in [4.78, 5) is 16.2. The lowest BCUT2D eigenvalue weighted by molar-refractivity contribution is 0.0925. The van der Waals surface area contributed by atoms with E-state index in [2.05, 4.69) is 10.3 Å². The number of hydrogen-bond donors (Lipinski definition) is 2. The van der Waals surface area contributed by atoms with Crippen LogP contribution in [0.5, 0.6) is 5.75 Å². The van der Waals surface area contributed by atoms with E-state index < -0.39 is 0 Å². The first-order chi connectivity index (χ1) is 10.1. The van der Waals surface area contributed by atoms with Gasteiger partial charge in [-0.2, -0.15) is 0 Å². The van der Waals surface area contributed by atoms with E-state index >= 15 is 0 Å². The third kappa shape index (κ3) is 2.78. The molecule has 1 aliphatic heterocycles. The van der Waals surface area contributed by atoms with Crippen molar-refractivity contribution in [1.29, 1.82) is 0 Å². The van der Waals surface area contributed by atoms with Gasteiger partial charge in [-0.3, -0.25) is 4.79 Å². The lowest BCUT2D eigenvalue weighted by Crippen LogP contribution is -2.32. The van der Waals surface area contributed by atoms with E-state index in [0.717, 1.165) is 11.3 Å². The topological polar surface area (TPSA) is 77.2 Å². The number of pyridine rings is 1. The summed E-state index contributed by atoms with van der Waals surface area (Å²) in [5, 5.41) is 3.21. The predicted molar refractivity (Wildman–Crippen MR) is 80.4 cm³/mol. The third-order valence-electron chi connectivity index (χ3n) is 3.41. The summed E-state index contributed by atoms with van der Waals surface area (Å²) in [5.41, 5.74) is 7.39. The SMILES string of the molecule is Nc1cnc(Cl)cc1C(=O)NC1CCOc2ccccc21. The van der Waals surface area contributed by atoms with Crippen molar-refractivity contribution in [3.63, 3.8) is 0 Å². The van der Waals surface area contributed by atoms with Crippen LogP contribution >= 0.6 is 11.6 Å². The molecule has 6 heteroatoms. The number of nitrogens with two attached hydrogens (primary N) is 1. The van der Waals surface area contributed by atoms with Gasteiger partial charge < -0.3 is 15.8 Å². The number of halogens is 1. The summed E-state index contributed by atoms with van der Waals surface area (Å²) in [7, 11) is 0. The molecule has 1 aliphatic rings. The minimum absolute atomic E-state index is 0.103. The second-order valence-electron chi connectivity index (χ2n) is 4.80. The molecule has 0 saturated carbocycles. The Morgan fingerprint density at radius 1 is 1.43 bits per heavy atom. The number of carbonyl (C=O) groups is 1. The maximum Gasteiger partial charge on any atom is 0.254 e. The molecule has 0 spiro atoms. The molecule has 0 saturated heterocycles. The Morgan fingerprint density at radius 3 is 3.10 bits per heavy atom. The molecule has 1 unspecified atom stereocenters. The number of nitrogens with one attached hydrogen (secondary N) is 1. The largest absolute Gasteiger partial charge is 0.493 e. The standard InChI is InChI=1S/C15H14ClN3O2/c16-14-7-10(11(17)8-18-14)15(20)19-12-5-6-21-13-4-2-1-3-9(12)13/h1-4,7-8,12H,5-6,17H2,(H,19,20). The summed E-state index contributed by atoms with van der Waals surface area (Å²) in [6.07, 6.45) is 2.09. The number of anilines is 1. The normalized spacial score (nSPS) is 16.7. The molecule has 0 fully saturated rings. The van der Waals surface area contributed by atoms with Crippen LogP contribution in [-0.2, 0) is 0 Å². The molecule has 0 bridgehead atoms. The van der Waals surface area contributed by atoms with Gasteiger partial charge in [0.15, 0.2) is 0 Å². The minimum Gasteiger partial charge on any atom is -0.493 e. The highest BCUT2D eigenvalue weighted by atomic mass is 35.5. The first kappa shape index (κ1) is 13.7. The molecule has 0 aliphatic carbocycles. The van der Waals surface area contributed by atoms with Crippen molar-refractivity contribution in [2.24, 2.45) is 0 Å². The molecule has 0 radical (unpaired) electrons. The zero-order chi connectivity index (χ0) is 14.8. The number of amides is 1. The van der Waals surface area contributed by atoms with Gasteiger partial charge in [0.1, 0.15) is 10.9 Å². The molecular weight excluding hydrogens is 290 g/mol. The molecule has 5 nitrogen and oxygen atoms in total. The number of carbonyl (C=O) groups excluding carboxylic acids is 1. The number of nitrogens with zero attached hydrogens (tertiary/aromatic N) is 1. The molecule has 1 aromatic heterocycles. The Bertz CT molecular complexity index is 690. The average molecular weight is 304 g/mol. The van der Waals surface area contributed by atoms with Gasteiger partial charge in [-0.25, -0.2) is 4.98 Å². The van der Waals surface area contributed by atoms with E-state index in [4.69, 9.17) is 22.1 Å². The van der Waals surface area contributed by atoms with E-state index in [9.17, 15) is 4.79 Å². The summed E-state index contributed by atoms with van der Waals surface area (Å²) in [5.74, 6) is 0.535. The molecule has 108 valence electrons. The lowest BCUT2D eigenvalue weighted by Gasteiger charge is -2.26. The number of rotatable bonds is 2. The van der Waals surface area contributed by atoms with Crippen molar-refractivity contribution in [2.75, 3.05) is 12.3 Å². The number of hydrogen-bond acceptors (Lipinski definition) is 4. The van der Waals surface area contributed by atoms with Crippen molar-refractivity contribution < 1.29 is 9.53 Å². The maximum atomic E-state index is 12.4. The summed E-state index contributed by atoms with van der Waals surface area (Å²) < 4.78 is 5.58. The highest BCUT2D eigenvalue weighted by Gasteiger charge is 2.23. The summed E-state index contributed by atoms with van der Waals surface area (Å²) >= 11 is 5.82. The molecule has 2 aromatic rings. The quantitative estimate of drug-likeness (QED) is 0.836. The number of para-hydroxylation sites is 1. The lowest BCUT2D eigenvalue weighted by atomic mass is 10.00. The fourth-order valence-electron chi connectivity index (χ4n) is 2.37. The number of benzene rings is 1. The van der Waals surface area contributed by atoms with Crippen LogP contribution in [0.3, 0.4) is 0 Å². The molecule has 1 atom stereocenters. The molecule has 3 rings (SSSR count). The van der Waals surface area contributed by atoms with Gasteiger partial charge in [0.05, 0.1) is 30.1 Å². The zero-order valence-corrected chi connectivity index (χ0v) is 11.9. The Balaban J connectivity index is 1.84. The van der Waals surface area contributed by atoms with Crippen molar-refractivity contribution in [3.8, 4) is 5.75 Å². The van der Waals surface area contributed by atoms with Gasteiger partial charge in [-0.05, 0) is 12.1 Å². The smallest absolute Gasteiger partial charge is 0.254 e. The number of nitrogen functional groups attached to an aromatic ring is 1. The highest BCUT2D eigenvalue weighted by molar-refractivity contribution is 6.29. The predicted octanol–water partition coefficient (Wildman–Crippen LogP) is 2.57. The van der Waals surface area contributed by atoms with Gasteiger partial charge in [-0.1, -0.05) is 29.8 Å². The van der Waals surface area contributed by atoms with E-state index in [1.165, 1.54) is 12.3 Å². The van der Waals surface area contributed by atoms with Gasteiger partial charge in [-0.15, -0.1) is 0 Å². The highest BCUT2D eigenvalue weighted by Crippen LogP contribution is 2.31. The van der Waals surface area contributed by atoms with E-state index in [-0.39, 0.29) is 17.1 Å². The monoisotopic (exact) mass is 303 g/mol. The minimum atomic E-state index is -0.265. The second kappa shape index (κ2) is 5.61. The van der Waals surface area contributed by atoms with Gasteiger partial charge in [0.25, 0.3) is 5.91 Å². The van der Waals surface area contributed by atoms with Crippen LogP contribution in [0, 0.1) is 0 Å². The van der Waals surface area contributed by atoms with Crippen LogP contribution in [0.2, 0.25) is 5.15 Å². The van der Waals surface area contributed by atoms with Crippen LogP contribution in [0.25, 0.3) is 0 Å². The summed E-state index contributed by atoms with van der Waals surface area (Å²) in [6.45, 7) is 0.564. The first-order valence-electron chi connectivity index (χ1n) is 6.59. The Labute approximate surface area is 127 Å². The van der Waals surface area contributed by atoms with Crippen LogP contribution in [-0.4, -0.2) is 17.5 Å². The zero-order valence-electron chi connectivity index (χ0n) is 11.2. The number of aromatic nitrogens is 1. The molecule has 1 amide bonds. The van der Waals surface area contributed by atoms with Crippen molar-refractivity contribution >= 4 is 23.2 Å². The van der Waals surface area contributed by atoms with Gasteiger partial charge in [0.2, 0.25) is 0 Å². The Morgan fingerprint density at radius 2 is 2.24 bits per heavy atom. The second-order valence-corrected chi connectivity index (χ2v) is 5.18. The fourth-order valence-corrected chi connectivity index (χ4v) is 2.52. The van der Waals surface area contributed by atoms with Crippen LogP contribution in [0.15, 0.2) is 36.5 Å². The number of fused-ring (bicyclic) bond motifs is 1. The van der Waals surface area contributed by atoms with E-state index in [0.29, 0.717) is 24.3 Å². The average Bonchev–Trinajstić information content (AvgIpc) is 2.50. The van der Waals surface area contributed by atoms with Crippen LogP contribution < -0.4 is 15.8 Å². The maximum absolute atomic E-state index is 12.4. The number of ether oxygens (including phenoxy) is 1. The molecule has 2 heterocycles. The van der Waals surface area contributed by atoms with Gasteiger partial charge >= 0.3 is 0 Å². The van der Waals surface area contributed by atoms with Crippen molar-refractivity contribution in [1.82, 2.24) is 10.3 Å². The third-order valence-corrected chi connectivity index (χ3v) is 3.62. The fraction of sp³-hybridized carbons (Fsp3) is 0.200. The molecule has 3 N–H and O–H groups in total. The van der Waals surface area contributed by atoms with E-state index in [1.54, 1.807) is 0 Å².